The van der Waals surface area contributed by atoms with Crippen LogP contribution in [0.2, 0.25) is 0 Å². The van der Waals surface area contributed by atoms with E-state index in [1.165, 1.54) is 20.9 Å². The number of hydrogen-bond donors (Lipinski definition) is 1. The van der Waals surface area contributed by atoms with Crippen molar-refractivity contribution < 1.29 is 23.9 Å². The Bertz CT molecular complexity index is 435. The van der Waals surface area contributed by atoms with Gasteiger partial charge in [0, 0.05) is 13.5 Å². The number of rotatable bonds is 5. The van der Waals surface area contributed by atoms with Crippen LogP contribution in [-0.2, 0) is 19.1 Å². The van der Waals surface area contributed by atoms with Gasteiger partial charge in [-0.2, -0.15) is 0 Å². The highest BCUT2D eigenvalue weighted by Gasteiger charge is 2.57. The molecule has 0 aliphatic rings. The van der Waals surface area contributed by atoms with Gasteiger partial charge in [0.25, 0.3) is 0 Å². The molecule has 0 radical (unpaired) electrons. The van der Waals surface area contributed by atoms with Crippen LogP contribution < -0.4 is 5.73 Å². The Hall–Kier alpha value is -1.63. The molecule has 0 fully saturated rings. The fraction of sp³-hybridized carbons (Fsp3) is 0.800. The lowest BCUT2D eigenvalue weighted by atomic mass is 9.75. The summed E-state index contributed by atoms with van der Waals surface area (Å²) in [6, 6.07) is 0. The number of hydrogen-bond acceptors (Lipinski definition) is 6. The van der Waals surface area contributed by atoms with Crippen molar-refractivity contribution in [3.8, 4) is 0 Å². The van der Waals surface area contributed by atoms with Gasteiger partial charge in [-0.1, -0.05) is 6.92 Å². The van der Waals surface area contributed by atoms with Crippen molar-refractivity contribution in [3.05, 3.63) is 0 Å². The zero-order valence-electron chi connectivity index (χ0n) is 14.8. The smallest absolute Gasteiger partial charge is 0.410 e. The maximum absolute atomic E-state index is 12.3. The van der Waals surface area contributed by atoms with Crippen LogP contribution in [-0.4, -0.2) is 53.6 Å². The molecule has 1 atom stereocenters. The van der Waals surface area contributed by atoms with Crippen molar-refractivity contribution in [3.63, 3.8) is 0 Å². The highest BCUT2D eigenvalue weighted by Crippen LogP contribution is 2.30. The number of likely N-dealkylation sites (N-methyl/N-ethyl adjacent to an activating group) is 1. The van der Waals surface area contributed by atoms with Crippen LogP contribution in [0.1, 0.15) is 48.0 Å². The van der Waals surface area contributed by atoms with Crippen LogP contribution >= 0.6 is 0 Å². The number of Topliss-reactive ketones (excluding diaryl/α,β-unsaturated/α-hetero) is 1. The van der Waals surface area contributed by atoms with E-state index < -0.39 is 34.5 Å². The quantitative estimate of drug-likeness (QED) is 0.609. The minimum atomic E-state index is -1.98. The monoisotopic (exact) mass is 316 g/mol. The first kappa shape index (κ1) is 20.4. The van der Waals surface area contributed by atoms with E-state index >= 15 is 0 Å². The third kappa shape index (κ3) is 3.76. The maximum Gasteiger partial charge on any atom is 0.410 e. The zero-order chi connectivity index (χ0) is 17.9. The molecular formula is C15H28N2O5. The van der Waals surface area contributed by atoms with Gasteiger partial charge >= 0.3 is 12.1 Å². The first-order chi connectivity index (χ1) is 9.75. The minimum Gasteiger partial charge on any atom is -0.467 e. The van der Waals surface area contributed by atoms with Crippen LogP contribution in [0.5, 0.6) is 0 Å². The molecule has 128 valence electrons. The average molecular weight is 316 g/mol. The van der Waals surface area contributed by atoms with Crippen LogP contribution in [0.15, 0.2) is 0 Å². The molecule has 0 bridgehead atoms. The molecule has 1 amide bonds. The van der Waals surface area contributed by atoms with E-state index in [4.69, 9.17) is 15.2 Å². The highest BCUT2D eigenvalue weighted by atomic mass is 16.6. The van der Waals surface area contributed by atoms with Crippen molar-refractivity contribution in [1.82, 2.24) is 4.90 Å². The second-order valence-corrected chi connectivity index (χ2v) is 6.67. The van der Waals surface area contributed by atoms with Crippen LogP contribution in [0.25, 0.3) is 0 Å². The van der Waals surface area contributed by atoms with Gasteiger partial charge in [0.05, 0.1) is 12.6 Å². The molecule has 7 nitrogen and oxygen atoms in total. The lowest BCUT2D eigenvalue weighted by Crippen LogP contribution is -2.73. The number of esters is 1. The van der Waals surface area contributed by atoms with Crippen LogP contribution in [0.4, 0.5) is 4.79 Å². The van der Waals surface area contributed by atoms with E-state index in [1.807, 2.05) is 0 Å². The molecule has 0 rings (SSSR count). The Morgan fingerprint density at radius 2 is 1.55 bits per heavy atom. The standard InChI is InChI=1S/C15H28N2O5/c1-9-10(18)15(16,11(19)21-8)14(5,6)17(7)12(20)22-13(2,3)4/h9,16H2,1-8H3. The summed E-state index contributed by atoms with van der Waals surface area (Å²) in [5.74, 6) is -1.40. The Kier molecular flexibility index (Phi) is 6.15. The highest BCUT2D eigenvalue weighted by molar-refractivity contribution is 6.10. The van der Waals surface area contributed by atoms with Gasteiger partial charge in [0.15, 0.2) is 11.3 Å². The minimum absolute atomic E-state index is 0.0389. The lowest BCUT2D eigenvalue weighted by Gasteiger charge is -2.45. The van der Waals surface area contributed by atoms with E-state index in [0.29, 0.717) is 0 Å². The number of amides is 1. The molecule has 0 aromatic heterocycles. The van der Waals surface area contributed by atoms with Crippen molar-refractivity contribution in [2.24, 2.45) is 5.73 Å². The number of carbonyl (C=O) groups excluding carboxylic acids is 3. The summed E-state index contributed by atoms with van der Waals surface area (Å²) >= 11 is 0. The molecule has 0 saturated carbocycles. The molecule has 22 heavy (non-hydrogen) atoms. The Balaban J connectivity index is 5.76. The number of carbonyl (C=O) groups is 3. The van der Waals surface area contributed by atoms with Crippen molar-refractivity contribution in [2.45, 2.75) is 64.6 Å². The number of ether oxygens (including phenoxy) is 2. The molecule has 2 N–H and O–H groups in total. The first-order valence-corrected chi connectivity index (χ1v) is 7.13. The molecule has 0 spiro atoms. The molecule has 1 unspecified atom stereocenters. The fourth-order valence-electron chi connectivity index (χ4n) is 1.97. The van der Waals surface area contributed by atoms with Gasteiger partial charge in [-0.05, 0) is 34.6 Å². The number of methoxy groups -OCH3 is 1. The van der Waals surface area contributed by atoms with Gasteiger partial charge in [-0.3, -0.25) is 4.79 Å². The summed E-state index contributed by atoms with van der Waals surface area (Å²) in [5.41, 5.74) is 2.08. The SMILES string of the molecule is CCC(=O)C(N)(C(=O)OC)C(C)(C)N(C)C(=O)OC(C)(C)C. The number of nitrogens with two attached hydrogens (primary N) is 1. The van der Waals surface area contributed by atoms with E-state index in [9.17, 15) is 14.4 Å². The topological polar surface area (TPSA) is 98.9 Å². The van der Waals surface area contributed by atoms with E-state index in [2.05, 4.69) is 0 Å². The normalized spacial score (nSPS) is 14.8. The largest absolute Gasteiger partial charge is 0.467 e. The molecule has 0 heterocycles. The van der Waals surface area contributed by atoms with Crippen molar-refractivity contribution in [2.75, 3.05) is 14.2 Å². The molecule has 0 aromatic rings. The van der Waals surface area contributed by atoms with Crippen LogP contribution in [0.3, 0.4) is 0 Å². The molecule has 0 aliphatic heterocycles. The third-order valence-electron chi connectivity index (χ3n) is 3.74. The Morgan fingerprint density at radius 1 is 1.09 bits per heavy atom. The third-order valence-corrected chi connectivity index (χ3v) is 3.74. The number of nitrogens with zero attached hydrogens (tertiary/aromatic N) is 1. The van der Waals surface area contributed by atoms with E-state index in [-0.39, 0.29) is 6.42 Å². The first-order valence-electron chi connectivity index (χ1n) is 7.13. The van der Waals surface area contributed by atoms with Gasteiger partial charge in [-0.15, -0.1) is 0 Å². The van der Waals surface area contributed by atoms with Crippen molar-refractivity contribution >= 4 is 17.8 Å². The summed E-state index contributed by atoms with van der Waals surface area (Å²) in [6.07, 6.45) is -0.642. The Labute approximate surface area is 132 Å². The second-order valence-electron chi connectivity index (χ2n) is 6.67. The predicted molar refractivity (Wildman–Crippen MR) is 82.3 cm³/mol. The Morgan fingerprint density at radius 3 is 1.86 bits per heavy atom. The molecule has 0 aromatic carbocycles. The van der Waals surface area contributed by atoms with E-state index in [0.717, 1.165) is 12.0 Å². The molecule has 0 aliphatic carbocycles. The summed E-state index contributed by atoms with van der Waals surface area (Å²) in [4.78, 5) is 37.8. The second kappa shape index (κ2) is 6.64. The average Bonchev–Trinajstić information content (AvgIpc) is 2.41. The van der Waals surface area contributed by atoms with Gasteiger partial charge in [0.1, 0.15) is 5.60 Å². The van der Waals surface area contributed by atoms with Gasteiger partial charge in [0.2, 0.25) is 0 Å². The van der Waals surface area contributed by atoms with Gasteiger partial charge < -0.3 is 20.1 Å². The van der Waals surface area contributed by atoms with E-state index in [1.54, 1.807) is 27.7 Å². The number of ketones is 1. The van der Waals surface area contributed by atoms with Gasteiger partial charge in [-0.25, -0.2) is 9.59 Å². The molecule has 0 saturated heterocycles. The summed E-state index contributed by atoms with van der Waals surface area (Å²) in [6.45, 7) is 9.82. The molecular weight excluding hydrogens is 288 g/mol. The summed E-state index contributed by atoms with van der Waals surface area (Å²) < 4.78 is 9.97. The predicted octanol–water partition coefficient (Wildman–Crippen LogP) is 1.48. The summed E-state index contributed by atoms with van der Waals surface area (Å²) in [5, 5.41) is 0. The summed E-state index contributed by atoms with van der Waals surface area (Å²) in [7, 11) is 2.58. The zero-order valence-corrected chi connectivity index (χ0v) is 14.8. The maximum atomic E-state index is 12.3. The lowest BCUT2D eigenvalue weighted by molar-refractivity contribution is -0.157. The fourth-order valence-corrected chi connectivity index (χ4v) is 1.97. The molecule has 7 heteroatoms. The van der Waals surface area contributed by atoms with Crippen LogP contribution in [0, 0.1) is 0 Å². The van der Waals surface area contributed by atoms with Crippen molar-refractivity contribution in [1.29, 1.82) is 0 Å².